The number of ether oxygens (including phenoxy) is 3. The lowest BCUT2D eigenvalue weighted by atomic mass is 9.68. The summed E-state index contributed by atoms with van der Waals surface area (Å²) in [7, 11) is -2.19. The van der Waals surface area contributed by atoms with E-state index in [9.17, 15) is 13.2 Å². The highest BCUT2D eigenvalue weighted by molar-refractivity contribution is 7.90. The van der Waals surface area contributed by atoms with Gasteiger partial charge in [-0.1, -0.05) is 43.7 Å². The third-order valence-corrected chi connectivity index (χ3v) is 12.2. The molecule has 0 unspecified atom stereocenters. The van der Waals surface area contributed by atoms with Crippen LogP contribution in [0, 0.1) is 23.7 Å². The average molecular weight is 657 g/mol. The predicted molar refractivity (Wildman–Crippen MR) is 177 cm³/mol. The quantitative estimate of drug-likeness (QED) is 0.330. The molecule has 2 bridgehead atoms. The maximum atomic E-state index is 13.4. The van der Waals surface area contributed by atoms with E-state index in [0.29, 0.717) is 43.0 Å². The number of hydrogen-bond donors (Lipinski definition) is 1. The topological polar surface area (TPSA) is 94.2 Å². The molecule has 45 heavy (non-hydrogen) atoms. The van der Waals surface area contributed by atoms with Crippen LogP contribution >= 0.6 is 11.6 Å². The Hall–Kier alpha value is -2.59. The lowest BCUT2D eigenvalue weighted by molar-refractivity contribution is -0.0311. The zero-order chi connectivity index (χ0) is 31.8. The number of rotatable bonds is 4. The van der Waals surface area contributed by atoms with Crippen molar-refractivity contribution in [3.63, 3.8) is 0 Å². The van der Waals surface area contributed by atoms with Gasteiger partial charge in [0.1, 0.15) is 5.75 Å². The van der Waals surface area contributed by atoms with Crippen LogP contribution in [-0.2, 0) is 31.3 Å². The van der Waals surface area contributed by atoms with Crippen LogP contribution in [0.3, 0.4) is 0 Å². The number of aryl methyl sites for hydroxylation is 1. The fourth-order valence-electron chi connectivity index (χ4n) is 7.60. The van der Waals surface area contributed by atoms with E-state index in [2.05, 4.69) is 33.9 Å². The molecular formula is C35H45ClN2O6S. The molecule has 0 radical (unpaired) electrons. The number of nitrogens with one attached hydrogen (secondary N) is 1. The molecule has 1 fully saturated rings. The molecule has 2 aliphatic heterocycles. The number of carbonyl (C=O) groups excluding carboxylic acids is 1. The molecule has 6 atom stereocenters. The highest BCUT2D eigenvalue weighted by Crippen LogP contribution is 2.47. The van der Waals surface area contributed by atoms with Gasteiger partial charge in [0, 0.05) is 36.2 Å². The Morgan fingerprint density at radius 1 is 1.11 bits per heavy atom. The molecular weight excluding hydrogens is 612 g/mol. The first-order valence-corrected chi connectivity index (χ1v) is 18.2. The van der Waals surface area contributed by atoms with Crippen LogP contribution in [0.4, 0.5) is 5.69 Å². The predicted octanol–water partition coefficient (Wildman–Crippen LogP) is 5.77. The van der Waals surface area contributed by atoms with Crippen molar-refractivity contribution in [1.29, 1.82) is 0 Å². The minimum absolute atomic E-state index is 0.0231. The zero-order valence-corrected chi connectivity index (χ0v) is 28.0. The summed E-state index contributed by atoms with van der Waals surface area (Å²) < 4.78 is 46.9. The lowest BCUT2D eigenvalue weighted by Gasteiger charge is -2.46. The fraction of sp³-hybridized carbons (Fsp3) is 0.571. The van der Waals surface area contributed by atoms with Crippen molar-refractivity contribution in [1.82, 2.24) is 4.72 Å². The highest BCUT2D eigenvalue weighted by atomic mass is 35.5. The normalized spacial score (nSPS) is 31.9. The first-order chi connectivity index (χ1) is 21.6. The molecule has 0 saturated heterocycles. The van der Waals surface area contributed by atoms with Gasteiger partial charge in [0.05, 0.1) is 37.4 Å². The number of fused-ring (bicyclic) bond motifs is 4. The molecule has 244 valence electrons. The molecule has 2 aromatic carbocycles. The molecule has 1 amide bonds. The molecule has 2 aromatic rings. The first-order valence-electron chi connectivity index (χ1n) is 16.2. The summed E-state index contributed by atoms with van der Waals surface area (Å²) in [6, 6.07) is 11.5. The van der Waals surface area contributed by atoms with Gasteiger partial charge in [0.15, 0.2) is 0 Å². The van der Waals surface area contributed by atoms with Crippen LogP contribution < -0.4 is 14.4 Å². The SMILES string of the molecule is COCCO[C@H]1/C=C/[C@@H](C)[C@@H](C)CS(=O)(=O)NC(=O)c2ccc3c(c2)N(C[C@@H]2CC[C@H]21)C[C@@]1(CCCc2cc(Cl)ccc21)CO3. The summed E-state index contributed by atoms with van der Waals surface area (Å²) in [4.78, 5) is 15.8. The van der Waals surface area contributed by atoms with Gasteiger partial charge in [0.25, 0.3) is 5.91 Å². The average Bonchev–Trinajstić information content (AvgIpc) is 3.13. The largest absolute Gasteiger partial charge is 0.490 e. The van der Waals surface area contributed by atoms with E-state index in [4.69, 9.17) is 25.8 Å². The molecule has 4 aliphatic rings. The number of allylic oxidation sites excluding steroid dienone is 1. The molecule has 2 heterocycles. The van der Waals surface area contributed by atoms with E-state index in [1.165, 1.54) is 11.1 Å². The van der Waals surface area contributed by atoms with E-state index in [0.717, 1.165) is 55.9 Å². The highest BCUT2D eigenvalue weighted by Gasteiger charge is 2.44. The second-order valence-corrected chi connectivity index (χ2v) is 15.8. The smallest absolute Gasteiger partial charge is 0.264 e. The van der Waals surface area contributed by atoms with Gasteiger partial charge in [-0.05, 0) is 97.2 Å². The van der Waals surface area contributed by atoms with Gasteiger partial charge in [-0.2, -0.15) is 0 Å². The van der Waals surface area contributed by atoms with E-state index in [1.807, 2.05) is 32.0 Å². The first kappa shape index (κ1) is 32.4. The van der Waals surface area contributed by atoms with Crippen LogP contribution in [0.2, 0.25) is 5.02 Å². The number of anilines is 1. The van der Waals surface area contributed by atoms with Gasteiger partial charge in [-0.25, -0.2) is 13.1 Å². The van der Waals surface area contributed by atoms with Crippen molar-refractivity contribution in [2.24, 2.45) is 23.7 Å². The standard InChI is InChI=1S/C35H45ClN2O6S/c1-23-6-12-32(43-16-15-42-3)29-10-7-27(29)19-38-21-35(14-4-5-25-17-28(36)9-11-30(25)35)22-44-33-13-8-26(18-31(33)38)34(39)37-45(40,41)20-24(23)2/h6,8-9,11-13,17-18,23-24,27,29,32H,4-5,7,10,14-16,19-22H2,1-3H3,(H,37,39)/b12-6+/t23-,24+,27+,29-,32+,35+/m1/s1. The number of methoxy groups -OCH3 is 1. The molecule has 0 aromatic heterocycles. The Balaban J connectivity index is 1.41. The van der Waals surface area contributed by atoms with Crippen molar-refractivity contribution >= 4 is 33.2 Å². The monoisotopic (exact) mass is 656 g/mol. The third-order valence-electron chi connectivity index (χ3n) is 10.5. The number of hydrogen-bond acceptors (Lipinski definition) is 7. The van der Waals surface area contributed by atoms with Crippen molar-refractivity contribution < 1.29 is 27.4 Å². The van der Waals surface area contributed by atoms with Crippen molar-refractivity contribution in [3.05, 3.63) is 70.3 Å². The Morgan fingerprint density at radius 3 is 2.73 bits per heavy atom. The summed E-state index contributed by atoms with van der Waals surface area (Å²) in [6.07, 6.45) is 9.25. The zero-order valence-electron chi connectivity index (χ0n) is 26.5. The van der Waals surface area contributed by atoms with Crippen LogP contribution in [0.1, 0.15) is 61.0 Å². The van der Waals surface area contributed by atoms with E-state index < -0.39 is 15.9 Å². The number of benzene rings is 2. The number of carbonyl (C=O) groups is 1. The second kappa shape index (κ2) is 13.3. The molecule has 6 rings (SSSR count). The maximum absolute atomic E-state index is 13.4. The van der Waals surface area contributed by atoms with Crippen molar-refractivity contribution in [3.8, 4) is 5.75 Å². The Labute approximate surface area is 272 Å². The van der Waals surface area contributed by atoms with Crippen molar-refractivity contribution in [2.75, 3.05) is 50.7 Å². The summed E-state index contributed by atoms with van der Waals surface area (Å²) in [5.74, 6) is 0.394. The molecule has 1 spiro atoms. The van der Waals surface area contributed by atoms with Gasteiger partial charge in [-0.3, -0.25) is 4.79 Å². The molecule has 2 aliphatic carbocycles. The fourth-order valence-corrected chi connectivity index (χ4v) is 9.27. The minimum atomic E-state index is -3.87. The summed E-state index contributed by atoms with van der Waals surface area (Å²) in [5.41, 5.74) is 3.42. The summed E-state index contributed by atoms with van der Waals surface area (Å²) in [6.45, 7) is 6.94. The van der Waals surface area contributed by atoms with Gasteiger partial charge < -0.3 is 19.1 Å². The van der Waals surface area contributed by atoms with Crippen LogP contribution in [0.5, 0.6) is 5.75 Å². The molecule has 8 nitrogen and oxygen atoms in total. The minimum Gasteiger partial charge on any atom is -0.490 e. The summed E-state index contributed by atoms with van der Waals surface area (Å²) >= 11 is 6.43. The van der Waals surface area contributed by atoms with E-state index in [1.54, 1.807) is 13.2 Å². The van der Waals surface area contributed by atoms with Crippen molar-refractivity contribution in [2.45, 2.75) is 57.5 Å². The molecule has 1 saturated carbocycles. The van der Waals surface area contributed by atoms with Crippen LogP contribution in [0.15, 0.2) is 48.6 Å². The lowest BCUT2D eigenvalue weighted by Crippen LogP contribution is -2.49. The van der Waals surface area contributed by atoms with Gasteiger partial charge >= 0.3 is 0 Å². The number of nitrogens with zero attached hydrogens (tertiary/aromatic N) is 1. The van der Waals surface area contributed by atoms with E-state index in [-0.39, 0.29) is 29.1 Å². The molecule has 1 N–H and O–H groups in total. The maximum Gasteiger partial charge on any atom is 0.264 e. The van der Waals surface area contributed by atoms with Gasteiger partial charge in [-0.15, -0.1) is 0 Å². The number of halogens is 1. The van der Waals surface area contributed by atoms with Crippen LogP contribution in [-0.4, -0.2) is 66.2 Å². The number of amides is 1. The third kappa shape index (κ3) is 6.92. The Kier molecular flexibility index (Phi) is 9.53. The number of sulfonamides is 1. The Morgan fingerprint density at radius 2 is 1.96 bits per heavy atom. The van der Waals surface area contributed by atoms with Crippen LogP contribution in [0.25, 0.3) is 0 Å². The summed E-state index contributed by atoms with van der Waals surface area (Å²) in [5, 5.41) is 0.743. The van der Waals surface area contributed by atoms with E-state index >= 15 is 0 Å². The Bertz CT molecular complexity index is 1550. The second-order valence-electron chi connectivity index (χ2n) is 13.6. The molecule has 10 heteroatoms. The van der Waals surface area contributed by atoms with Gasteiger partial charge in [0.2, 0.25) is 10.0 Å².